The minimum Gasteiger partial charge on any atom is -0.477 e. The molecule has 1 aromatic heterocycles. The van der Waals surface area contributed by atoms with Crippen LogP contribution in [-0.2, 0) is 0 Å². The Hall–Kier alpha value is -1.96. The average molecular weight is 288 g/mol. The van der Waals surface area contributed by atoms with Gasteiger partial charge in [0.2, 0.25) is 0 Å². The summed E-state index contributed by atoms with van der Waals surface area (Å²) in [4.78, 5) is 10.7. The molecule has 0 fully saturated rings. The first-order chi connectivity index (χ1) is 8.85. The normalized spacial score (nSPS) is 11.5. The Bertz CT molecular complexity index is 593. The third kappa shape index (κ3) is 3.50. The smallest absolute Gasteiger partial charge is 0.446 e. The van der Waals surface area contributed by atoms with Crippen LogP contribution >= 0.6 is 11.8 Å². The number of thioether (sulfide) groups is 1. The van der Waals surface area contributed by atoms with Gasteiger partial charge in [-0.05, 0) is 30.0 Å². The van der Waals surface area contributed by atoms with Gasteiger partial charge in [0, 0.05) is 10.5 Å². The topological polar surface area (TPSA) is 66.0 Å². The fourth-order valence-corrected chi connectivity index (χ4v) is 1.95. The fraction of sp³-hybridized carbons (Fsp3) is 0.0909. The lowest BCUT2D eigenvalue weighted by Crippen LogP contribution is -1.98. The van der Waals surface area contributed by atoms with Crippen molar-refractivity contribution >= 4 is 17.7 Å². The van der Waals surface area contributed by atoms with Crippen LogP contribution in [0.3, 0.4) is 0 Å². The number of carboxylic acid groups (broad SMARTS) is 1. The molecule has 0 saturated carbocycles. The molecule has 0 aliphatic heterocycles. The molecule has 100 valence electrons. The number of carbonyl (C=O) groups is 1. The van der Waals surface area contributed by atoms with Crippen LogP contribution in [-0.4, -0.2) is 26.8 Å². The lowest BCUT2D eigenvalue weighted by Gasteiger charge is -2.05. The van der Waals surface area contributed by atoms with Crippen LogP contribution in [0.2, 0.25) is 0 Å². The summed E-state index contributed by atoms with van der Waals surface area (Å²) < 4.78 is 36.4. The molecule has 2 N–H and O–H groups in total. The molecular weight excluding hydrogens is 281 g/mol. The van der Waals surface area contributed by atoms with Gasteiger partial charge in [-0.3, -0.25) is 5.10 Å². The van der Waals surface area contributed by atoms with E-state index in [4.69, 9.17) is 5.11 Å². The van der Waals surface area contributed by atoms with Crippen LogP contribution in [0.5, 0.6) is 0 Å². The number of carboxylic acids is 1. The summed E-state index contributed by atoms with van der Waals surface area (Å²) >= 11 is -0.208. The molecule has 4 nitrogen and oxygen atoms in total. The van der Waals surface area contributed by atoms with Crippen molar-refractivity contribution in [1.29, 1.82) is 0 Å². The molecule has 2 aromatic rings. The van der Waals surface area contributed by atoms with Gasteiger partial charge in [-0.15, -0.1) is 0 Å². The van der Waals surface area contributed by atoms with Crippen LogP contribution < -0.4 is 0 Å². The molecule has 0 atom stereocenters. The van der Waals surface area contributed by atoms with E-state index in [1.807, 2.05) is 0 Å². The summed E-state index contributed by atoms with van der Waals surface area (Å²) in [7, 11) is 0. The number of aromatic amines is 1. The summed E-state index contributed by atoms with van der Waals surface area (Å²) in [5.41, 5.74) is -3.51. The van der Waals surface area contributed by atoms with E-state index in [-0.39, 0.29) is 22.4 Å². The second-order valence-corrected chi connectivity index (χ2v) is 4.68. The number of halogens is 3. The zero-order valence-electron chi connectivity index (χ0n) is 9.23. The highest BCUT2D eigenvalue weighted by molar-refractivity contribution is 8.00. The first-order valence-electron chi connectivity index (χ1n) is 5.00. The second kappa shape index (κ2) is 4.96. The summed E-state index contributed by atoms with van der Waals surface area (Å²) in [5, 5.41) is 14.8. The molecule has 0 saturated heterocycles. The van der Waals surface area contributed by atoms with E-state index in [0.29, 0.717) is 11.3 Å². The van der Waals surface area contributed by atoms with Crippen molar-refractivity contribution in [2.24, 2.45) is 0 Å². The van der Waals surface area contributed by atoms with Gasteiger partial charge in [0.15, 0.2) is 0 Å². The molecular formula is C11H7F3N2O2S. The van der Waals surface area contributed by atoms with Crippen LogP contribution in [0.4, 0.5) is 13.2 Å². The minimum absolute atomic E-state index is 0.0604. The Kier molecular flexibility index (Phi) is 3.52. The first kappa shape index (κ1) is 13.5. The maximum Gasteiger partial charge on any atom is 0.446 e. The average Bonchev–Trinajstić information content (AvgIpc) is 2.77. The molecule has 8 heteroatoms. The fourth-order valence-electron chi connectivity index (χ4n) is 1.41. The SMILES string of the molecule is O=C(O)c1cc(-c2ccc(SC(F)(F)F)cc2)n[nH]1. The molecule has 0 aliphatic rings. The molecule has 1 aromatic carbocycles. The van der Waals surface area contributed by atoms with E-state index >= 15 is 0 Å². The highest BCUT2D eigenvalue weighted by Crippen LogP contribution is 2.37. The van der Waals surface area contributed by atoms with Gasteiger partial charge in [0.25, 0.3) is 0 Å². The lowest BCUT2D eigenvalue weighted by atomic mass is 10.1. The second-order valence-electron chi connectivity index (χ2n) is 3.54. The number of aromatic carboxylic acids is 1. The van der Waals surface area contributed by atoms with E-state index in [0.717, 1.165) is 0 Å². The third-order valence-electron chi connectivity index (χ3n) is 2.19. The number of H-pyrrole nitrogens is 1. The molecule has 2 rings (SSSR count). The molecule has 0 unspecified atom stereocenters. The van der Waals surface area contributed by atoms with Gasteiger partial charge < -0.3 is 5.11 Å². The molecule has 0 spiro atoms. The van der Waals surface area contributed by atoms with Crippen molar-refractivity contribution in [3.63, 3.8) is 0 Å². The monoisotopic (exact) mass is 288 g/mol. The number of aromatic nitrogens is 2. The van der Waals surface area contributed by atoms with Gasteiger partial charge in [-0.2, -0.15) is 18.3 Å². The summed E-state index contributed by atoms with van der Waals surface area (Å²) in [6.45, 7) is 0. The molecule has 0 amide bonds. The van der Waals surface area contributed by atoms with Crippen LogP contribution in [0.15, 0.2) is 35.2 Å². The molecule has 19 heavy (non-hydrogen) atoms. The number of nitrogens with zero attached hydrogens (tertiary/aromatic N) is 1. The van der Waals surface area contributed by atoms with Gasteiger partial charge in [-0.1, -0.05) is 12.1 Å². The molecule has 0 aliphatic carbocycles. The molecule has 1 heterocycles. The Morgan fingerprint density at radius 2 is 1.89 bits per heavy atom. The summed E-state index contributed by atoms with van der Waals surface area (Å²) in [6, 6.07) is 6.84. The van der Waals surface area contributed by atoms with Crippen LogP contribution in [0, 0.1) is 0 Å². The van der Waals surface area contributed by atoms with E-state index < -0.39 is 11.5 Å². The number of hydrogen-bond acceptors (Lipinski definition) is 3. The first-order valence-corrected chi connectivity index (χ1v) is 5.82. The molecule has 0 bridgehead atoms. The number of rotatable bonds is 3. The Labute approximate surface area is 109 Å². The zero-order valence-corrected chi connectivity index (χ0v) is 10.0. The van der Waals surface area contributed by atoms with Gasteiger partial charge in [0.05, 0.1) is 5.69 Å². The van der Waals surface area contributed by atoms with Gasteiger partial charge >= 0.3 is 11.5 Å². The maximum absolute atomic E-state index is 12.1. The van der Waals surface area contributed by atoms with Gasteiger partial charge in [-0.25, -0.2) is 4.79 Å². The van der Waals surface area contributed by atoms with Crippen LogP contribution in [0.25, 0.3) is 11.3 Å². The van der Waals surface area contributed by atoms with Crippen molar-refractivity contribution in [3.8, 4) is 11.3 Å². The Balaban J connectivity index is 2.20. The minimum atomic E-state index is -4.33. The number of benzene rings is 1. The van der Waals surface area contributed by atoms with E-state index in [9.17, 15) is 18.0 Å². The largest absolute Gasteiger partial charge is 0.477 e. The number of alkyl halides is 3. The van der Waals surface area contributed by atoms with Crippen molar-refractivity contribution in [1.82, 2.24) is 10.2 Å². The van der Waals surface area contributed by atoms with E-state index in [2.05, 4.69) is 10.2 Å². The predicted octanol–water partition coefficient (Wildman–Crippen LogP) is 3.39. The van der Waals surface area contributed by atoms with E-state index in [1.54, 1.807) is 0 Å². The highest BCUT2D eigenvalue weighted by atomic mass is 32.2. The number of hydrogen-bond donors (Lipinski definition) is 2. The third-order valence-corrected chi connectivity index (χ3v) is 2.93. The maximum atomic E-state index is 12.1. The number of nitrogens with one attached hydrogen (secondary N) is 1. The highest BCUT2D eigenvalue weighted by Gasteiger charge is 2.29. The quantitative estimate of drug-likeness (QED) is 0.850. The van der Waals surface area contributed by atoms with Crippen molar-refractivity contribution in [3.05, 3.63) is 36.0 Å². The lowest BCUT2D eigenvalue weighted by molar-refractivity contribution is -0.0328. The van der Waals surface area contributed by atoms with Crippen molar-refractivity contribution < 1.29 is 23.1 Å². The predicted molar refractivity (Wildman–Crippen MR) is 62.9 cm³/mol. The summed E-state index contributed by atoms with van der Waals surface area (Å²) in [6.07, 6.45) is 0. The van der Waals surface area contributed by atoms with Crippen LogP contribution in [0.1, 0.15) is 10.5 Å². The van der Waals surface area contributed by atoms with Gasteiger partial charge in [0.1, 0.15) is 5.69 Å². The van der Waals surface area contributed by atoms with E-state index in [1.165, 1.54) is 30.3 Å². The Morgan fingerprint density at radius 1 is 1.26 bits per heavy atom. The summed E-state index contributed by atoms with van der Waals surface area (Å²) in [5.74, 6) is -1.15. The molecule has 0 radical (unpaired) electrons. The Morgan fingerprint density at radius 3 is 2.37 bits per heavy atom. The standard InChI is InChI=1S/C11H7F3N2O2S/c12-11(13,14)19-7-3-1-6(2-4-7)8-5-9(10(17)18)16-15-8/h1-5H,(H,15,16)(H,17,18). The van der Waals surface area contributed by atoms with Crippen molar-refractivity contribution in [2.75, 3.05) is 0 Å². The van der Waals surface area contributed by atoms with Crippen molar-refractivity contribution in [2.45, 2.75) is 10.4 Å². The zero-order chi connectivity index (χ0) is 14.0.